The molecule has 1 aliphatic heterocycles. The quantitative estimate of drug-likeness (QED) is 0.345. The van der Waals surface area contributed by atoms with Crippen LogP contribution in [-0.2, 0) is 6.54 Å². The fraction of sp³-hybridized carbons (Fsp3) is 0.300. The Morgan fingerprint density at radius 3 is 2.46 bits per heavy atom. The highest BCUT2D eigenvalue weighted by atomic mass is 127. The number of halogens is 1. The Hall–Kier alpha value is -2.49. The first kappa shape index (κ1) is 21.8. The molecule has 2 aromatic rings. The molecule has 0 radical (unpaired) electrons. The zero-order valence-electron chi connectivity index (χ0n) is 16.0. The van der Waals surface area contributed by atoms with Crippen molar-refractivity contribution in [2.24, 2.45) is 4.99 Å². The van der Waals surface area contributed by atoms with Gasteiger partial charge in [0.25, 0.3) is 5.91 Å². The summed E-state index contributed by atoms with van der Waals surface area (Å²) in [6, 6.07) is 13.2. The van der Waals surface area contributed by atoms with Gasteiger partial charge in [-0.25, -0.2) is 0 Å². The molecule has 0 saturated heterocycles. The summed E-state index contributed by atoms with van der Waals surface area (Å²) in [5, 5.41) is 9.11. The van der Waals surface area contributed by atoms with E-state index in [1.54, 1.807) is 26.2 Å². The topological polar surface area (TPSA) is 84.0 Å². The number of benzene rings is 2. The Morgan fingerprint density at radius 2 is 1.79 bits per heavy atom. The molecule has 2 aromatic carbocycles. The normalized spacial score (nSPS) is 13.0. The van der Waals surface area contributed by atoms with Crippen molar-refractivity contribution in [3.8, 4) is 11.5 Å². The van der Waals surface area contributed by atoms with E-state index in [2.05, 4.69) is 20.9 Å². The minimum atomic E-state index is -0.0959. The number of rotatable bonds is 4. The Bertz CT molecular complexity index is 825. The Balaban J connectivity index is 0.00000280. The van der Waals surface area contributed by atoms with Gasteiger partial charge in [0.15, 0.2) is 17.5 Å². The molecule has 0 aliphatic carbocycles. The van der Waals surface area contributed by atoms with Gasteiger partial charge in [-0.1, -0.05) is 12.1 Å². The minimum absolute atomic E-state index is 0. The first-order valence-electron chi connectivity index (χ1n) is 8.88. The van der Waals surface area contributed by atoms with Gasteiger partial charge < -0.3 is 25.4 Å². The molecule has 0 atom stereocenters. The number of nitrogens with zero attached hydrogens (tertiary/aromatic N) is 1. The second kappa shape index (κ2) is 10.7. The molecule has 150 valence electrons. The molecule has 7 nitrogen and oxygen atoms in total. The second-order valence-corrected chi connectivity index (χ2v) is 6.04. The molecule has 3 rings (SSSR count). The van der Waals surface area contributed by atoms with Crippen LogP contribution in [0.5, 0.6) is 11.5 Å². The molecule has 0 spiro atoms. The van der Waals surface area contributed by atoms with Crippen molar-refractivity contribution < 1.29 is 14.3 Å². The summed E-state index contributed by atoms with van der Waals surface area (Å²) in [4.78, 5) is 15.8. The van der Waals surface area contributed by atoms with Crippen LogP contribution in [0.25, 0.3) is 0 Å². The van der Waals surface area contributed by atoms with E-state index in [1.165, 1.54) is 0 Å². The number of hydrogen-bond acceptors (Lipinski definition) is 4. The molecular formula is C20H25IN4O3. The maximum absolute atomic E-state index is 11.6. The van der Waals surface area contributed by atoms with Gasteiger partial charge in [0.1, 0.15) is 0 Å². The number of ether oxygens (including phenoxy) is 2. The van der Waals surface area contributed by atoms with Crippen LogP contribution in [0.2, 0.25) is 0 Å². The SMILES string of the molecule is CN=C(NCc1ccc(C(=O)NC)cc1)Nc1ccc2c(c1)OCCCO2.I. The first-order chi connectivity index (χ1) is 13.2. The Morgan fingerprint density at radius 1 is 1.07 bits per heavy atom. The number of fused-ring (bicyclic) bond motifs is 1. The van der Waals surface area contributed by atoms with Gasteiger partial charge in [0.05, 0.1) is 13.2 Å². The third-order valence-electron chi connectivity index (χ3n) is 4.14. The third kappa shape index (κ3) is 5.75. The van der Waals surface area contributed by atoms with Crippen molar-refractivity contribution in [2.75, 3.05) is 32.6 Å². The van der Waals surface area contributed by atoms with Gasteiger partial charge in [-0.15, -0.1) is 24.0 Å². The highest BCUT2D eigenvalue weighted by Crippen LogP contribution is 2.32. The van der Waals surface area contributed by atoms with E-state index in [-0.39, 0.29) is 29.9 Å². The predicted molar refractivity (Wildman–Crippen MR) is 121 cm³/mol. The van der Waals surface area contributed by atoms with Crippen LogP contribution in [0.1, 0.15) is 22.3 Å². The monoisotopic (exact) mass is 496 g/mol. The van der Waals surface area contributed by atoms with Crippen molar-refractivity contribution in [3.63, 3.8) is 0 Å². The summed E-state index contributed by atoms with van der Waals surface area (Å²) >= 11 is 0. The summed E-state index contributed by atoms with van der Waals surface area (Å²) < 4.78 is 11.4. The molecule has 3 N–H and O–H groups in total. The van der Waals surface area contributed by atoms with E-state index >= 15 is 0 Å². The van der Waals surface area contributed by atoms with Crippen LogP contribution < -0.4 is 25.4 Å². The molecule has 1 amide bonds. The molecule has 0 unspecified atom stereocenters. The van der Waals surface area contributed by atoms with Crippen molar-refractivity contribution in [1.82, 2.24) is 10.6 Å². The van der Waals surface area contributed by atoms with Crippen molar-refractivity contribution in [3.05, 3.63) is 53.6 Å². The summed E-state index contributed by atoms with van der Waals surface area (Å²) in [5.41, 5.74) is 2.54. The first-order valence-corrected chi connectivity index (χ1v) is 8.88. The molecule has 8 heteroatoms. The van der Waals surface area contributed by atoms with E-state index in [1.807, 2.05) is 30.3 Å². The molecule has 0 fully saturated rings. The maximum Gasteiger partial charge on any atom is 0.251 e. The van der Waals surface area contributed by atoms with Crippen LogP contribution in [0.4, 0.5) is 5.69 Å². The zero-order chi connectivity index (χ0) is 19.1. The van der Waals surface area contributed by atoms with E-state index in [0.29, 0.717) is 31.3 Å². The minimum Gasteiger partial charge on any atom is -0.490 e. The highest BCUT2D eigenvalue weighted by Gasteiger charge is 2.11. The van der Waals surface area contributed by atoms with Gasteiger partial charge in [0.2, 0.25) is 0 Å². The Kier molecular flexibility index (Phi) is 8.37. The molecular weight excluding hydrogens is 471 g/mol. The fourth-order valence-electron chi connectivity index (χ4n) is 2.66. The smallest absolute Gasteiger partial charge is 0.251 e. The molecule has 0 saturated carbocycles. The lowest BCUT2D eigenvalue weighted by molar-refractivity contribution is 0.0963. The van der Waals surface area contributed by atoms with E-state index in [9.17, 15) is 4.79 Å². The lowest BCUT2D eigenvalue weighted by atomic mass is 10.1. The van der Waals surface area contributed by atoms with Crippen molar-refractivity contribution in [2.45, 2.75) is 13.0 Å². The third-order valence-corrected chi connectivity index (χ3v) is 4.14. The standard InChI is InChI=1S/C20H24N4O3.HI/c1-21-19(25)15-6-4-14(5-7-15)13-23-20(22-2)24-16-8-9-17-18(12-16)27-11-3-10-26-17;/h4-9,12H,3,10-11,13H2,1-2H3,(H,21,25)(H2,22,23,24);1H. The highest BCUT2D eigenvalue weighted by molar-refractivity contribution is 14.0. The van der Waals surface area contributed by atoms with Crippen molar-refractivity contribution in [1.29, 1.82) is 0 Å². The summed E-state index contributed by atoms with van der Waals surface area (Å²) in [6.07, 6.45) is 0.874. The van der Waals surface area contributed by atoms with Crippen LogP contribution in [0, 0.1) is 0 Å². The number of anilines is 1. The van der Waals surface area contributed by atoms with Gasteiger partial charge in [0, 0.05) is 44.4 Å². The van der Waals surface area contributed by atoms with E-state index in [0.717, 1.165) is 29.2 Å². The number of carbonyl (C=O) groups is 1. The van der Waals surface area contributed by atoms with E-state index in [4.69, 9.17) is 9.47 Å². The van der Waals surface area contributed by atoms with Gasteiger partial charge in [-0.3, -0.25) is 9.79 Å². The summed E-state index contributed by atoms with van der Waals surface area (Å²) in [5.74, 6) is 2.04. The number of guanidine groups is 1. The van der Waals surface area contributed by atoms with Crippen molar-refractivity contribution >= 4 is 41.5 Å². The zero-order valence-corrected chi connectivity index (χ0v) is 18.3. The van der Waals surface area contributed by atoms with E-state index < -0.39 is 0 Å². The van der Waals surface area contributed by atoms with Gasteiger partial charge in [-0.05, 0) is 29.8 Å². The molecule has 0 aromatic heterocycles. The molecule has 28 heavy (non-hydrogen) atoms. The number of carbonyl (C=O) groups excluding carboxylic acids is 1. The average Bonchev–Trinajstić information content (AvgIpc) is 2.95. The van der Waals surface area contributed by atoms with Crippen LogP contribution >= 0.6 is 24.0 Å². The lowest BCUT2D eigenvalue weighted by Crippen LogP contribution is -2.30. The molecule has 1 heterocycles. The molecule has 1 aliphatic rings. The number of aliphatic imine (C=N–C) groups is 1. The second-order valence-electron chi connectivity index (χ2n) is 6.04. The predicted octanol–water partition coefficient (Wildman–Crippen LogP) is 3.01. The molecule has 0 bridgehead atoms. The van der Waals surface area contributed by atoms with Crippen LogP contribution in [0.15, 0.2) is 47.5 Å². The largest absolute Gasteiger partial charge is 0.490 e. The lowest BCUT2D eigenvalue weighted by Gasteiger charge is -2.14. The number of amides is 1. The van der Waals surface area contributed by atoms with Crippen LogP contribution in [-0.4, -0.2) is 39.2 Å². The number of nitrogens with one attached hydrogen (secondary N) is 3. The summed E-state index contributed by atoms with van der Waals surface area (Å²) in [7, 11) is 3.33. The fourth-order valence-corrected chi connectivity index (χ4v) is 2.66. The van der Waals surface area contributed by atoms with Crippen LogP contribution in [0.3, 0.4) is 0 Å². The average molecular weight is 496 g/mol. The summed E-state index contributed by atoms with van der Waals surface area (Å²) in [6.45, 7) is 1.90. The van der Waals surface area contributed by atoms with Gasteiger partial charge in [-0.2, -0.15) is 0 Å². The number of hydrogen-bond donors (Lipinski definition) is 3. The Labute approximate surface area is 181 Å². The van der Waals surface area contributed by atoms with Gasteiger partial charge >= 0.3 is 0 Å². The maximum atomic E-state index is 11.6.